The van der Waals surface area contributed by atoms with Gasteiger partial charge in [-0.2, -0.15) is 4.31 Å². The minimum absolute atomic E-state index is 0.0934. The molecule has 34 heavy (non-hydrogen) atoms. The molecule has 9 heteroatoms. The number of esters is 1. The van der Waals surface area contributed by atoms with E-state index < -0.39 is 10.0 Å². The van der Waals surface area contributed by atoms with Gasteiger partial charge in [-0.3, -0.25) is 4.79 Å². The summed E-state index contributed by atoms with van der Waals surface area (Å²) in [7, 11) is -3.79. The predicted octanol–water partition coefficient (Wildman–Crippen LogP) is 4.78. The summed E-state index contributed by atoms with van der Waals surface area (Å²) in [6.45, 7) is 3.68. The number of hydrogen-bond acceptors (Lipinski definition) is 6. The molecular weight excluding hydrogens is 522 g/mol. The summed E-state index contributed by atoms with van der Waals surface area (Å²) in [4.78, 5) is 12.3. The molecule has 0 N–H and O–H groups in total. The molecule has 1 heterocycles. The molecule has 7 nitrogen and oxygen atoms in total. The number of nitrogens with zero attached hydrogens (tertiary/aromatic N) is 1. The van der Waals surface area contributed by atoms with Crippen LogP contribution in [0.15, 0.2) is 51.8 Å². The van der Waals surface area contributed by atoms with Crippen LogP contribution in [0.2, 0.25) is 0 Å². The summed E-state index contributed by atoms with van der Waals surface area (Å²) in [5.41, 5.74) is 0.899. The largest absolute Gasteiger partial charge is 0.486 e. The SMILES string of the molecule is CCOC(=O)C1CCC(CN(Cc2cccc(Br)c2)S(=O)(=O)c2ccc3c(c2)OCCO3)CC1. The molecule has 184 valence electrons. The lowest BCUT2D eigenvalue weighted by atomic mass is 9.82. The molecule has 2 aliphatic rings. The molecule has 1 aliphatic heterocycles. The summed E-state index contributed by atoms with van der Waals surface area (Å²) in [6.07, 6.45) is 3.01. The monoisotopic (exact) mass is 551 g/mol. The Kier molecular flexibility index (Phi) is 8.16. The van der Waals surface area contributed by atoms with Gasteiger partial charge in [0.05, 0.1) is 17.4 Å². The van der Waals surface area contributed by atoms with E-state index in [9.17, 15) is 13.2 Å². The number of hydrogen-bond donors (Lipinski definition) is 0. The van der Waals surface area contributed by atoms with Gasteiger partial charge in [-0.05, 0) is 68.4 Å². The van der Waals surface area contributed by atoms with Gasteiger partial charge in [-0.25, -0.2) is 8.42 Å². The molecule has 2 aromatic carbocycles. The first-order valence-corrected chi connectivity index (χ1v) is 13.9. The number of sulfonamides is 1. The third-order valence-electron chi connectivity index (χ3n) is 6.33. The van der Waals surface area contributed by atoms with E-state index >= 15 is 0 Å². The van der Waals surface area contributed by atoms with Crippen LogP contribution in [0.3, 0.4) is 0 Å². The fourth-order valence-electron chi connectivity index (χ4n) is 4.55. The maximum absolute atomic E-state index is 13.8. The maximum Gasteiger partial charge on any atom is 0.308 e. The Morgan fingerprint density at radius 2 is 1.79 bits per heavy atom. The van der Waals surface area contributed by atoms with Crippen LogP contribution in [0, 0.1) is 11.8 Å². The molecule has 1 fully saturated rings. The zero-order chi connectivity index (χ0) is 24.1. The van der Waals surface area contributed by atoms with Crippen molar-refractivity contribution in [3.05, 3.63) is 52.5 Å². The lowest BCUT2D eigenvalue weighted by Crippen LogP contribution is -2.37. The van der Waals surface area contributed by atoms with Gasteiger partial charge in [0, 0.05) is 23.6 Å². The van der Waals surface area contributed by atoms with Crippen LogP contribution >= 0.6 is 15.9 Å². The highest BCUT2D eigenvalue weighted by atomic mass is 79.9. The fourth-order valence-corrected chi connectivity index (χ4v) is 6.52. The highest BCUT2D eigenvalue weighted by Crippen LogP contribution is 2.35. The van der Waals surface area contributed by atoms with Crippen molar-refractivity contribution in [1.82, 2.24) is 4.31 Å². The maximum atomic E-state index is 13.8. The third-order valence-corrected chi connectivity index (χ3v) is 8.63. The van der Waals surface area contributed by atoms with Crippen LogP contribution < -0.4 is 9.47 Å². The van der Waals surface area contributed by atoms with Crippen LogP contribution in [0.5, 0.6) is 11.5 Å². The molecule has 0 radical (unpaired) electrons. The van der Waals surface area contributed by atoms with E-state index in [1.54, 1.807) is 22.5 Å². The van der Waals surface area contributed by atoms with Crippen LogP contribution in [0.4, 0.5) is 0 Å². The van der Waals surface area contributed by atoms with E-state index in [-0.39, 0.29) is 29.2 Å². The summed E-state index contributed by atoms with van der Waals surface area (Å²) in [5, 5.41) is 0. The van der Waals surface area contributed by atoms with Crippen molar-refractivity contribution >= 4 is 31.9 Å². The molecule has 0 saturated heterocycles. The van der Waals surface area contributed by atoms with Gasteiger partial charge in [0.2, 0.25) is 10.0 Å². The number of benzene rings is 2. The lowest BCUT2D eigenvalue weighted by molar-refractivity contribution is -0.149. The van der Waals surface area contributed by atoms with Gasteiger partial charge in [0.1, 0.15) is 13.2 Å². The lowest BCUT2D eigenvalue weighted by Gasteiger charge is -2.32. The van der Waals surface area contributed by atoms with Crippen molar-refractivity contribution in [1.29, 1.82) is 0 Å². The van der Waals surface area contributed by atoms with Gasteiger partial charge in [0.25, 0.3) is 0 Å². The highest BCUT2D eigenvalue weighted by molar-refractivity contribution is 9.10. The first-order chi connectivity index (χ1) is 16.4. The number of fused-ring (bicyclic) bond motifs is 1. The molecule has 2 aromatic rings. The molecule has 0 amide bonds. The molecule has 1 aliphatic carbocycles. The Labute approximate surface area is 209 Å². The Hall–Kier alpha value is -2.10. The van der Waals surface area contributed by atoms with E-state index in [1.165, 1.54) is 0 Å². The topological polar surface area (TPSA) is 82.1 Å². The van der Waals surface area contributed by atoms with Crippen LogP contribution in [0.1, 0.15) is 38.2 Å². The molecule has 4 rings (SSSR count). The molecular formula is C25H30BrNO6S. The Morgan fingerprint density at radius 1 is 1.06 bits per heavy atom. The zero-order valence-corrected chi connectivity index (χ0v) is 21.6. The van der Waals surface area contributed by atoms with Crippen LogP contribution in [-0.4, -0.2) is 45.1 Å². The van der Waals surface area contributed by atoms with E-state index in [0.29, 0.717) is 37.9 Å². The standard InChI is InChI=1S/C25H30BrNO6S/c1-2-31-25(28)20-8-6-18(7-9-20)16-27(17-19-4-3-5-21(26)14-19)34(29,30)22-10-11-23-24(15-22)33-13-12-32-23/h3-5,10-11,14-15,18,20H,2,6-9,12-13,16-17H2,1H3. The second kappa shape index (κ2) is 11.1. The van der Waals surface area contributed by atoms with Gasteiger partial charge < -0.3 is 14.2 Å². The normalized spacial score (nSPS) is 20.2. The molecule has 0 bridgehead atoms. The van der Waals surface area contributed by atoms with Gasteiger partial charge in [-0.15, -0.1) is 0 Å². The van der Waals surface area contributed by atoms with Gasteiger partial charge >= 0.3 is 5.97 Å². The highest BCUT2D eigenvalue weighted by Gasteiger charge is 2.33. The Bertz CT molecular complexity index is 1110. The van der Waals surface area contributed by atoms with E-state index in [1.807, 2.05) is 31.2 Å². The van der Waals surface area contributed by atoms with Gasteiger partial charge in [0.15, 0.2) is 11.5 Å². The average molecular weight is 552 g/mol. The number of halogens is 1. The Morgan fingerprint density at radius 3 is 2.50 bits per heavy atom. The van der Waals surface area contributed by atoms with Crippen molar-refractivity contribution in [2.24, 2.45) is 11.8 Å². The number of carbonyl (C=O) groups excluding carboxylic acids is 1. The Balaban J connectivity index is 1.55. The predicted molar refractivity (Wildman–Crippen MR) is 131 cm³/mol. The molecule has 1 saturated carbocycles. The molecule has 0 spiro atoms. The van der Waals surface area contributed by atoms with Crippen molar-refractivity contribution in [3.8, 4) is 11.5 Å². The quantitative estimate of drug-likeness (QED) is 0.439. The molecule has 0 atom stereocenters. The minimum Gasteiger partial charge on any atom is -0.486 e. The average Bonchev–Trinajstić information content (AvgIpc) is 2.84. The van der Waals surface area contributed by atoms with Crippen LogP contribution in [0.25, 0.3) is 0 Å². The summed E-state index contributed by atoms with van der Waals surface area (Å²) < 4.78 is 46.4. The molecule has 0 aromatic heterocycles. The van der Waals surface area contributed by atoms with Gasteiger partial charge in [-0.1, -0.05) is 28.1 Å². The summed E-state index contributed by atoms with van der Waals surface area (Å²) in [5.74, 6) is 0.940. The second-order valence-corrected chi connectivity index (χ2v) is 11.6. The third kappa shape index (κ3) is 5.93. The smallest absolute Gasteiger partial charge is 0.308 e. The van der Waals surface area contributed by atoms with E-state index in [4.69, 9.17) is 14.2 Å². The number of rotatable bonds is 8. The minimum atomic E-state index is -3.79. The van der Waals surface area contributed by atoms with Crippen LogP contribution in [-0.2, 0) is 26.1 Å². The number of carbonyl (C=O) groups is 1. The van der Waals surface area contributed by atoms with Crippen molar-refractivity contribution in [3.63, 3.8) is 0 Å². The van der Waals surface area contributed by atoms with Crippen molar-refractivity contribution in [2.45, 2.75) is 44.0 Å². The van der Waals surface area contributed by atoms with Crippen molar-refractivity contribution < 1.29 is 27.4 Å². The molecule has 0 unspecified atom stereocenters. The summed E-state index contributed by atoms with van der Waals surface area (Å²) >= 11 is 3.48. The number of ether oxygens (including phenoxy) is 3. The van der Waals surface area contributed by atoms with Crippen molar-refractivity contribution in [2.75, 3.05) is 26.4 Å². The first kappa shape index (κ1) is 25.0. The van der Waals surface area contributed by atoms with E-state index in [0.717, 1.165) is 35.7 Å². The first-order valence-electron chi connectivity index (χ1n) is 11.7. The van der Waals surface area contributed by atoms with E-state index in [2.05, 4.69) is 15.9 Å². The fraction of sp³-hybridized carbons (Fsp3) is 0.480. The summed E-state index contributed by atoms with van der Waals surface area (Å²) in [6, 6.07) is 12.5. The zero-order valence-electron chi connectivity index (χ0n) is 19.2. The second-order valence-electron chi connectivity index (χ2n) is 8.70.